The van der Waals surface area contributed by atoms with Gasteiger partial charge in [0, 0.05) is 13.1 Å². The summed E-state index contributed by atoms with van der Waals surface area (Å²) in [5.41, 5.74) is 1.52. The van der Waals surface area contributed by atoms with E-state index < -0.39 is 0 Å². The van der Waals surface area contributed by atoms with Crippen molar-refractivity contribution in [3.63, 3.8) is 0 Å². The number of aryl methyl sites for hydroxylation is 1. The maximum Gasteiger partial charge on any atom is 0.226 e. The predicted molar refractivity (Wildman–Crippen MR) is 78.5 cm³/mol. The van der Waals surface area contributed by atoms with E-state index in [2.05, 4.69) is 45.3 Å². The van der Waals surface area contributed by atoms with E-state index >= 15 is 0 Å². The zero-order chi connectivity index (χ0) is 13.8. The summed E-state index contributed by atoms with van der Waals surface area (Å²) >= 11 is 5.90. The molecule has 0 atom stereocenters. The Morgan fingerprint density at radius 3 is 2.95 bits per heavy atom. The minimum Gasteiger partial charge on any atom is -0.365 e. The fraction of sp³-hybridized carbons (Fsp3) is 0.462. The van der Waals surface area contributed by atoms with Crippen LogP contribution in [0, 0.1) is 5.92 Å². The van der Waals surface area contributed by atoms with Crippen molar-refractivity contribution in [3.05, 3.63) is 24.3 Å². The Hall–Kier alpha value is -1.62. The second-order valence-electron chi connectivity index (χ2n) is 4.80. The zero-order valence-corrected chi connectivity index (χ0v) is 12.0. The molecule has 6 heteroatoms. The molecule has 0 saturated heterocycles. The summed E-state index contributed by atoms with van der Waals surface area (Å²) in [5.74, 6) is 1.34. The average Bonchev–Trinajstić information content (AvgIpc) is 2.76. The van der Waals surface area contributed by atoms with Crippen molar-refractivity contribution in [2.24, 2.45) is 5.92 Å². The molecule has 5 nitrogen and oxygen atoms in total. The first kappa shape index (κ1) is 13.8. The summed E-state index contributed by atoms with van der Waals surface area (Å²) in [7, 11) is 0. The van der Waals surface area contributed by atoms with Crippen molar-refractivity contribution >= 4 is 28.6 Å². The van der Waals surface area contributed by atoms with Gasteiger partial charge < -0.3 is 9.88 Å². The number of fused-ring (bicyclic) bond motifs is 1. The van der Waals surface area contributed by atoms with E-state index in [1.54, 1.807) is 12.4 Å². The number of hydrogen-bond donors (Lipinski definition) is 1. The number of nitrogens with one attached hydrogen (secondary N) is 1. The molecule has 19 heavy (non-hydrogen) atoms. The quantitative estimate of drug-likeness (QED) is 0.652. The highest BCUT2D eigenvalue weighted by molar-refractivity contribution is 6.28. The Morgan fingerprint density at radius 2 is 2.26 bits per heavy atom. The van der Waals surface area contributed by atoms with Crippen molar-refractivity contribution in [3.8, 4) is 0 Å². The molecule has 0 aliphatic heterocycles. The lowest BCUT2D eigenvalue weighted by atomic mass is 10.1. The van der Waals surface area contributed by atoms with Gasteiger partial charge in [0.25, 0.3) is 0 Å². The van der Waals surface area contributed by atoms with Gasteiger partial charge in [-0.3, -0.25) is 0 Å². The Labute approximate surface area is 117 Å². The fourth-order valence-electron chi connectivity index (χ4n) is 1.81. The third kappa shape index (κ3) is 3.23. The molecule has 0 fully saturated rings. The van der Waals surface area contributed by atoms with Crippen molar-refractivity contribution in [1.29, 1.82) is 0 Å². The molecule has 0 radical (unpaired) electrons. The Kier molecular flexibility index (Phi) is 4.37. The van der Waals surface area contributed by atoms with Crippen molar-refractivity contribution in [2.45, 2.75) is 26.8 Å². The van der Waals surface area contributed by atoms with Gasteiger partial charge in [-0.25, -0.2) is 4.98 Å². The summed E-state index contributed by atoms with van der Waals surface area (Å²) < 4.78 is 2.07. The predicted octanol–water partition coefficient (Wildman–Crippen LogP) is 3.12. The molecule has 102 valence electrons. The summed E-state index contributed by atoms with van der Waals surface area (Å²) in [5, 5.41) is 3.38. The number of anilines is 1. The molecule has 0 unspecified atom stereocenters. The molecule has 1 N–H and O–H groups in total. The molecule has 2 heterocycles. The van der Waals surface area contributed by atoms with Gasteiger partial charge in [0.1, 0.15) is 5.52 Å². The smallest absolute Gasteiger partial charge is 0.226 e. The lowest BCUT2D eigenvalue weighted by Gasteiger charge is -2.10. The van der Waals surface area contributed by atoms with Crippen LogP contribution in [0.3, 0.4) is 0 Å². The minimum atomic E-state index is 0.202. The van der Waals surface area contributed by atoms with Crippen molar-refractivity contribution in [1.82, 2.24) is 19.5 Å². The maximum absolute atomic E-state index is 5.90. The van der Waals surface area contributed by atoms with Gasteiger partial charge in [0.15, 0.2) is 11.5 Å². The van der Waals surface area contributed by atoms with Gasteiger partial charge in [0.2, 0.25) is 5.28 Å². The van der Waals surface area contributed by atoms with Crippen LogP contribution in [0.5, 0.6) is 0 Å². The van der Waals surface area contributed by atoms with E-state index in [1.807, 2.05) is 0 Å². The third-order valence-corrected chi connectivity index (χ3v) is 2.98. The Morgan fingerprint density at radius 1 is 1.47 bits per heavy atom. The van der Waals surface area contributed by atoms with Crippen LogP contribution in [0.25, 0.3) is 11.2 Å². The highest BCUT2D eigenvalue weighted by Gasteiger charge is 2.12. The molecular formula is C13H18ClN5. The number of hydrogen-bond acceptors (Lipinski definition) is 4. The molecule has 2 rings (SSSR count). The molecule has 0 aliphatic rings. The number of imidazole rings is 1. The van der Waals surface area contributed by atoms with E-state index in [0.29, 0.717) is 23.9 Å². The minimum absolute atomic E-state index is 0.202. The van der Waals surface area contributed by atoms with Gasteiger partial charge in [-0.2, -0.15) is 9.97 Å². The van der Waals surface area contributed by atoms with E-state index in [0.717, 1.165) is 18.5 Å². The summed E-state index contributed by atoms with van der Waals surface area (Å²) in [6, 6.07) is 0. The summed E-state index contributed by atoms with van der Waals surface area (Å²) in [6.07, 6.45) is 4.64. The van der Waals surface area contributed by atoms with Crippen LogP contribution in [-0.4, -0.2) is 26.1 Å². The number of rotatable bonds is 6. The van der Waals surface area contributed by atoms with Gasteiger partial charge in [-0.05, 0) is 23.9 Å². The molecule has 0 spiro atoms. The maximum atomic E-state index is 5.90. The normalized spacial score (nSPS) is 11.2. The second kappa shape index (κ2) is 6.02. The first-order valence-corrected chi connectivity index (χ1v) is 6.72. The molecular weight excluding hydrogens is 262 g/mol. The van der Waals surface area contributed by atoms with Crippen LogP contribution in [0.2, 0.25) is 5.28 Å². The highest BCUT2D eigenvalue weighted by atomic mass is 35.5. The Bertz CT molecular complexity index is 576. The van der Waals surface area contributed by atoms with E-state index in [1.165, 1.54) is 0 Å². The van der Waals surface area contributed by atoms with Crippen LogP contribution in [0.1, 0.15) is 20.3 Å². The first-order valence-electron chi connectivity index (χ1n) is 6.35. The van der Waals surface area contributed by atoms with Crippen molar-refractivity contribution < 1.29 is 0 Å². The molecule has 0 aliphatic carbocycles. The molecule has 0 bridgehead atoms. The molecule has 2 aromatic rings. The largest absolute Gasteiger partial charge is 0.365 e. The third-order valence-electron chi connectivity index (χ3n) is 2.81. The molecule has 0 aromatic carbocycles. The second-order valence-corrected chi connectivity index (χ2v) is 5.14. The van der Waals surface area contributed by atoms with Crippen LogP contribution in [0.15, 0.2) is 19.0 Å². The molecule has 0 amide bonds. The summed E-state index contributed by atoms with van der Waals surface area (Å²) in [6.45, 7) is 9.60. The van der Waals surface area contributed by atoms with Crippen LogP contribution >= 0.6 is 11.6 Å². The monoisotopic (exact) mass is 279 g/mol. The van der Waals surface area contributed by atoms with Crippen LogP contribution in [0.4, 0.5) is 5.82 Å². The van der Waals surface area contributed by atoms with E-state index in [-0.39, 0.29) is 5.28 Å². The summed E-state index contributed by atoms with van der Waals surface area (Å²) in [4.78, 5) is 12.7. The average molecular weight is 280 g/mol. The highest BCUT2D eigenvalue weighted by Crippen LogP contribution is 2.22. The van der Waals surface area contributed by atoms with Gasteiger partial charge >= 0.3 is 0 Å². The van der Waals surface area contributed by atoms with Crippen LogP contribution < -0.4 is 5.32 Å². The Balaban J connectivity index is 2.39. The number of aromatic nitrogens is 4. The van der Waals surface area contributed by atoms with Gasteiger partial charge in [0.05, 0.1) is 6.33 Å². The number of nitrogens with zero attached hydrogens (tertiary/aromatic N) is 4. The first-order chi connectivity index (χ1) is 9.11. The topological polar surface area (TPSA) is 55.6 Å². The zero-order valence-electron chi connectivity index (χ0n) is 11.2. The van der Waals surface area contributed by atoms with Gasteiger partial charge in [-0.15, -0.1) is 6.58 Å². The fourth-order valence-corrected chi connectivity index (χ4v) is 1.98. The standard InChI is InChI=1S/C13H18ClN5/c1-4-6-15-11-10-12(18-13(14)17-11)16-8-19(10)7-5-9(2)3/h4,8-9H,1,5-7H2,2-3H3,(H,15,17,18). The molecule has 2 aromatic heterocycles. The SMILES string of the molecule is C=CCNc1nc(Cl)nc2ncn(CCC(C)C)c12. The number of halogens is 1. The van der Waals surface area contributed by atoms with E-state index in [9.17, 15) is 0 Å². The van der Waals surface area contributed by atoms with Crippen molar-refractivity contribution in [2.75, 3.05) is 11.9 Å². The lowest BCUT2D eigenvalue weighted by Crippen LogP contribution is -2.06. The lowest BCUT2D eigenvalue weighted by molar-refractivity contribution is 0.523. The van der Waals surface area contributed by atoms with E-state index in [4.69, 9.17) is 11.6 Å². The van der Waals surface area contributed by atoms with Crippen LogP contribution in [-0.2, 0) is 6.54 Å². The molecule has 0 saturated carbocycles. The van der Waals surface area contributed by atoms with Gasteiger partial charge in [-0.1, -0.05) is 19.9 Å².